The number of aliphatic hydroxyl groups is 1. The third-order valence-electron chi connectivity index (χ3n) is 7.72. The lowest BCUT2D eigenvalue weighted by Gasteiger charge is -2.33. The standard InChI is InChI=1S/C28H37N5O5/c1-15-21(19-11-16-10-17(13-35-7)29-12-20(16)36-19)23(32-24(31-15)30-14-25(2,3)4)33-27-9-8-18-22(34)28(18,27)38-26(5,6)37-27/h10-12,18,22,34H,8-9,13-14H2,1-7H3,(H2,30,31,32,33). The molecule has 1 aliphatic heterocycles. The van der Waals surface area contributed by atoms with Gasteiger partial charge >= 0.3 is 0 Å². The van der Waals surface area contributed by atoms with Gasteiger partial charge in [-0.3, -0.25) is 4.98 Å². The number of hydrogen-bond acceptors (Lipinski definition) is 10. The van der Waals surface area contributed by atoms with E-state index in [1.165, 1.54) is 0 Å². The number of nitrogens with zero attached hydrogens (tertiary/aromatic N) is 3. The van der Waals surface area contributed by atoms with E-state index in [2.05, 4.69) is 36.4 Å². The summed E-state index contributed by atoms with van der Waals surface area (Å²) in [5.74, 6) is 0.879. The van der Waals surface area contributed by atoms with E-state index >= 15 is 0 Å². The van der Waals surface area contributed by atoms with Crippen LogP contribution in [0.4, 0.5) is 11.8 Å². The van der Waals surface area contributed by atoms with E-state index in [4.69, 9.17) is 28.6 Å². The molecule has 10 nitrogen and oxygen atoms in total. The first-order valence-electron chi connectivity index (χ1n) is 13.2. The van der Waals surface area contributed by atoms with Gasteiger partial charge in [0.15, 0.2) is 22.7 Å². The van der Waals surface area contributed by atoms with Gasteiger partial charge in [-0.2, -0.15) is 4.98 Å². The molecule has 2 aliphatic carbocycles. The van der Waals surface area contributed by atoms with Gasteiger partial charge in [-0.1, -0.05) is 20.8 Å². The van der Waals surface area contributed by atoms with Gasteiger partial charge in [-0.15, -0.1) is 0 Å². The number of aromatic nitrogens is 3. The van der Waals surface area contributed by atoms with E-state index in [-0.39, 0.29) is 11.3 Å². The number of pyridine rings is 1. The molecule has 0 amide bonds. The van der Waals surface area contributed by atoms with Gasteiger partial charge in [-0.05, 0) is 51.2 Å². The molecule has 4 atom stereocenters. The Bertz CT molecular complexity index is 1400. The van der Waals surface area contributed by atoms with Crippen LogP contribution in [0.5, 0.6) is 0 Å². The fraction of sp³-hybridized carbons (Fsp3) is 0.607. The maximum atomic E-state index is 10.9. The summed E-state index contributed by atoms with van der Waals surface area (Å²) < 4.78 is 24.4. The third-order valence-corrected chi connectivity index (χ3v) is 7.72. The molecule has 3 N–H and O–H groups in total. The van der Waals surface area contributed by atoms with Crippen molar-refractivity contribution in [1.29, 1.82) is 0 Å². The van der Waals surface area contributed by atoms with Crippen LogP contribution < -0.4 is 10.6 Å². The predicted molar refractivity (Wildman–Crippen MR) is 142 cm³/mol. The second-order valence-electron chi connectivity index (χ2n) is 12.5. The van der Waals surface area contributed by atoms with E-state index < -0.39 is 23.2 Å². The highest BCUT2D eigenvalue weighted by molar-refractivity contribution is 5.86. The first-order valence-corrected chi connectivity index (χ1v) is 13.2. The molecule has 6 rings (SSSR count). The van der Waals surface area contributed by atoms with Crippen molar-refractivity contribution in [1.82, 2.24) is 15.0 Å². The van der Waals surface area contributed by atoms with Crippen LogP contribution in [-0.4, -0.2) is 56.9 Å². The predicted octanol–water partition coefficient (Wildman–Crippen LogP) is 4.61. The minimum atomic E-state index is -0.920. The van der Waals surface area contributed by atoms with Crippen LogP contribution in [0.15, 0.2) is 22.7 Å². The number of aryl methyl sites for hydroxylation is 1. The topological polar surface area (TPSA) is 124 Å². The minimum absolute atomic E-state index is 0.0260. The number of fused-ring (bicyclic) bond motifs is 1. The van der Waals surface area contributed by atoms with Gasteiger partial charge in [0.25, 0.3) is 0 Å². The lowest BCUT2D eigenvalue weighted by Crippen LogP contribution is -2.50. The SMILES string of the molecule is COCc1cc2cc(-c3c(C)nc(NCC(C)(C)C)nc3NC34CCC5C(O)C53OC(C)(C)O4)oc2cn1. The van der Waals surface area contributed by atoms with E-state index in [1.54, 1.807) is 13.3 Å². The summed E-state index contributed by atoms with van der Waals surface area (Å²) in [5.41, 5.74) is 1.27. The summed E-state index contributed by atoms with van der Waals surface area (Å²) >= 11 is 0. The van der Waals surface area contributed by atoms with Gasteiger partial charge in [-0.25, -0.2) is 4.98 Å². The van der Waals surface area contributed by atoms with E-state index in [9.17, 15) is 5.11 Å². The molecule has 38 heavy (non-hydrogen) atoms. The zero-order valence-electron chi connectivity index (χ0n) is 23.1. The second-order valence-corrected chi connectivity index (χ2v) is 12.5. The molecule has 3 aromatic rings. The van der Waals surface area contributed by atoms with Gasteiger partial charge in [0, 0.05) is 25.0 Å². The minimum Gasteiger partial charge on any atom is -0.454 e. The molecule has 4 heterocycles. The second kappa shape index (κ2) is 8.35. The number of rotatable bonds is 7. The molecule has 10 heteroatoms. The number of methoxy groups -OCH3 is 1. The third kappa shape index (κ3) is 3.97. The molecule has 3 aromatic heterocycles. The van der Waals surface area contributed by atoms with Crippen molar-refractivity contribution in [2.24, 2.45) is 11.3 Å². The smallest absolute Gasteiger partial charge is 0.224 e. The summed E-state index contributed by atoms with van der Waals surface area (Å²) in [4.78, 5) is 14.1. The molecule has 2 saturated carbocycles. The summed E-state index contributed by atoms with van der Waals surface area (Å²) in [7, 11) is 1.65. The lowest BCUT2D eigenvalue weighted by atomic mass is 9.97. The van der Waals surface area contributed by atoms with E-state index in [1.807, 2.05) is 32.9 Å². The quantitative estimate of drug-likeness (QED) is 0.404. The van der Waals surface area contributed by atoms with Gasteiger partial charge < -0.3 is 34.4 Å². The Morgan fingerprint density at radius 2 is 1.97 bits per heavy atom. The van der Waals surface area contributed by atoms with Crippen molar-refractivity contribution in [2.45, 2.75) is 84.2 Å². The summed E-state index contributed by atoms with van der Waals surface area (Å²) in [6, 6.07) is 3.93. The van der Waals surface area contributed by atoms with Crippen LogP contribution >= 0.6 is 0 Å². The molecule has 0 aromatic carbocycles. The fourth-order valence-corrected chi connectivity index (χ4v) is 6.18. The fourth-order valence-electron chi connectivity index (χ4n) is 6.18. The molecule has 3 aliphatic rings. The molecule has 4 unspecified atom stereocenters. The Morgan fingerprint density at radius 1 is 1.18 bits per heavy atom. The largest absolute Gasteiger partial charge is 0.454 e. The van der Waals surface area contributed by atoms with Crippen molar-refractivity contribution in [3.63, 3.8) is 0 Å². The number of hydrogen-bond donors (Lipinski definition) is 3. The van der Waals surface area contributed by atoms with Crippen molar-refractivity contribution < 1.29 is 23.7 Å². The van der Waals surface area contributed by atoms with Crippen LogP contribution in [0.2, 0.25) is 0 Å². The van der Waals surface area contributed by atoms with Gasteiger partial charge in [0.2, 0.25) is 5.95 Å². The highest BCUT2D eigenvalue weighted by Crippen LogP contribution is 2.70. The summed E-state index contributed by atoms with van der Waals surface area (Å²) in [6.07, 6.45) is 2.61. The van der Waals surface area contributed by atoms with Gasteiger partial charge in [0.05, 0.1) is 35.9 Å². The number of nitrogens with one attached hydrogen (secondary N) is 2. The van der Waals surface area contributed by atoms with Crippen LogP contribution in [0.3, 0.4) is 0 Å². The molecule has 204 valence electrons. The highest BCUT2D eigenvalue weighted by atomic mass is 16.8. The molecular weight excluding hydrogens is 486 g/mol. The highest BCUT2D eigenvalue weighted by Gasteiger charge is 2.85. The van der Waals surface area contributed by atoms with E-state index in [0.29, 0.717) is 42.7 Å². The maximum absolute atomic E-state index is 10.9. The van der Waals surface area contributed by atoms with Crippen LogP contribution in [0.25, 0.3) is 22.3 Å². The van der Waals surface area contributed by atoms with Crippen LogP contribution in [0.1, 0.15) is 58.8 Å². The zero-order valence-corrected chi connectivity index (χ0v) is 23.1. The maximum Gasteiger partial charge on any atom is 0.224 e. The average molecular weight is 524 g/mol. The molecule has 3 fully saturated rings. The number of aliphatic hydroxyl groups excluding tert-OH is 1. The first kappa shape index (κ1) is 25.5. The Hall–Kier alpha value is -2.79. The lowest BCUT2D eigenvalue weighted by molar-refractivity contribution is -0.166. The zero-order chi connectivity index (χ0) is 27.1. The Balaban J connectivity index is 1.45. The number of anilines is 2. The average Bonchev–Trinajstić information content (AvgIpc) is 3.10. The molecule has 1 spiro atoms. The molecule has 1 saturated heterocycles. The van der Waals surface area contributed by atoms with Crippen molar-refractivity contribution >= 4 is 22.7 Å². The first-order chi connectivity index (χ1) is 17.9. The van der Waals surface area contributed by atoms with E-state index in [0.717, 1.165) is 28.8 Å². The van der Waals surface area contributed by atoms with Gasteiger partial charge in [0.1, 0.15) is 11.6 Å². The number of furan rings is 1. The Morgan fingerprint density at radius 3 is 2.68 bits per heavy atom. The summed E-state index contributed by atoms with van der Waals surface area (Å²) in [5, 5.41) is 18.8. The van der Waals surface area contributed by atoms with Crippen LogP contribution in [-0.2, 0) is 20.8 Å². The number of ether oxygens (including phenoxy) is 3. The van der Waals surface area contributed by atoms with Crippen molar-refractivity contribution in [3.05, 3.63) is 29.7 Å². The Labute approximate surface area is 222 Å². The summed E-state index contributed by atoms with van der Waals surface area (Å²) in [6.45, 7) is 13.3. The monoisotopic (exact) mass is 523 g/mol. The molecule has 0 bridgehead atoms. The Kier molecular flexibility index (Phi) is 5.60. The molecule has 0 radical (unpaired) electrons. The molecular formula is C28H37N5O5. The van der Waals surface area contributed by atoms with Crippen molar-refractivity contribution in [3.8, 4) is 11.3 Å². The van der Waals surface area contributed by atoms with Crippen molar-refractivity contribution in [2.75, 3.05) is 24.3 Å². The normalized spacial score (nSPS) is 29.4. The van der Waals surface area contributed by atoms with Crippen LogP contribution in [0, 0.1) is 18.3 Å².